The molecule has 0 bridgehead atoms. The van der Waals surface area contributed by atoms with Crippen LogP contribution < -0.4 is 4.74 Å². The van der Waals surface area contributed by atoms with E-state index in [-0.39, 0.29) is 18.3 Å². The number of likely N-dealkylation sites (N-methyl/N-ethyl adjacent to an activating group) is 1. The molecule has 1 amide bonds. The van der Waals surface area contributed by atoms with Gasteiger partial charge in [-0.05, 0) is 40.8 Å². The molecular formula is C14H13FINO2S. The highest BCUT2D eigenvalue weighted by atomic mass is 127. The quantitative estimate of drug-likeness (QED) is 0.711. The molecule has 0 atom stereocenters. The van der Waals surface area contributed by atoms with Crippen molar-refractivity contribution in [3.05, 3.63) is 50.0 Å². The highest BCUT2D eigenvalue weighted by molar-refractivity contribution is 14.1. The Morgan fingerprint density at radius 2 is 2.20 bits per heavy atom. The molecule has 1 aromatic carbocycles. The SMILES string of the molecule is CN(CCOc1ccccc1F)C(=O)c1csc(I)c1. The number of amides is 1. The largest absolute Gasteiger partial charge is 0.489 e. The summed E-state index contributed by atoms with van der Waals surface area (Å²) in [6.07, 6.45) is 0. The van der Waals surface area contributed by atoms with E-state index in [9.17, 15) is 9.18 Å². The van der Waals surface area contributed by atoms with E-state index in [1.165, 1.54) is 17.4 Å². The van der Waals surface area contributed by atoms with Gasteiger partial charge < -0.3 is 9.64 Å². The number of rotatable bonds is 5. The zero-order chi connectivity index (χ0) is 14.5. The molecule has 1 heterocycles. The number of hydrogen-bond acceptors (Lipinski definition) is 3. The molecule has 0 aliphatic heterocycles. The molecule has 3 nitrogen and oxygen atoms in total. The molecule has 20 heavy (non-hydrogen) atoms. The van der Waals surface area contributed by atoms with Crippen LogP contribution in [0.5, 0.6) is 5.75 Å². The smallest absolute Gasteiger partial charge is 0.254 e. The van der Waals surface area contributed by atoms with Crippen molar-refractivity contribution in [1.82, 2.24) is 4.90 Å². The maximum Gasteiger partial charge on any atom is 0.254 e. The minimum atomic E-state index is -0.395. The lowest BCUT2D eigenvalue weighted by Crippen LogP contribution is -2.30. The lowest BCUT2D eigenvalue weighted by atomic mass is 10.3. The van der Waals surface area contributed by atoms with E-state index in [1.807, 2.05) is 11.4 Å². The fraction of sp³-hybridized carbons (Fsp3) is 0.214. The summed E-state index contributed by atoms with van der Waals surface area (Å²) < 4.78 is 19.7. The van der Waals surface area contributed by atoms with E-state index in [4.69, 9.17) is 4.74 Å². The van der Waals surface area contributed by atoms with E-state index in [0.717, 1.165) is 2.88 Å². The molecule has 0 spiro atoms. The van der Waals surface area contributed by atoms with Crippen LogP contribution in [-0.2, 0) is 0 Å². The minimum absolute atomic E-state index is 0.0544. The standard InChI is InChI=1S/C14H13FINO2S/c1-17(14(18)10-8-13(16)20-9-10)6-7-19-12-5-3-2-4-11(12)15/h2-5,8-9H,6-7H2,1H3. The molecular weight excluding hydrogens is 392 g/mol. The number of benzene rings is 1. The fourth-order valence-electron chi connectivity index (χ4n) is 1.60. The first-order chi connectivity index (χ1) is 9.58. The zero-order valence-electron chi connectivity index (χ0n) is 10.8. The number of thiophene rings is 1. The van der Waals surface area contributed by atoms with Gasteiger partial charge in [-0.25, -0.2) is 4.39 Å². The number of nitrogens with zero attached hydrogens (tertiary/aromatic N) is 1. The Labute approximate surface area is 134 Å². The number of halogens is 2. The van der Waals surface area contributed by atoms with Crippen LogP contribution in [0.15, 0.2) is 35.7 Å². The van der Waals surface area contributed by atoms with Crippen LogP contribution in [-0.4, -0.2) is 31.0 Å². The van der Waals surface area contributed by atoms with Gasteiger partial charge in [0.05, 0.1) is 15.0 Å². The lowest BCUT2D eigenvalue weighted by Gasteiger charge is -2.17. The van der Waals surface area contributed by atoms with Crippen molar-refractivity contribution in [2.24, 2.45) is 0 Å². The van der Waals surface area contributed by atoms with Gasteiger partial charge in [0.2, 0.25) is 0 Å². The summed E-state index contributed by atoms with van der Waals surface area (Å²) >= 11 is 3.71. The molecule has 0 fully saturated rings. The Kier molecular flexibility index (Phi) is 5.36. The molecule has 0 aliphatic carbocycles. The third-order valence-corrected chi connectivity index (χ3v) is 4.47. The minimum Gasteiger partial charge on any atom is -0.489 e. The van der Waals surface area contributed by atoms with Gasteiger partial charge in [-0.3, -0.25) is 4.79 Å². The van der Waals surface area contributed by atoms with Crippen molar-refractivity contribution < 1.29 is 13.9 Å². The van der Waals surface area contributed by atoms with E-state index >= 15 is 0 Å². The van der Waals surface area contributed by atoms with Crippen LogP contribution in [0.25, 0.3) is 0 Å². The van der Waals surface area contributed by atoms with Gasteiger partial charge in [-0.1, -0.05) is 12.1 Å². The monoisotopic (exact) mass is 405 g/mol. The Balaban J connectivity index is 1.85. The lowest BCUT2D eigenvalue weighted by molar-refractivity contribution is 0.0773. The Morgan fingerprint density at radius 3 is 2.85 bits per heavy atom. The number of para-hydroxylation sites is 1. The molecule has 0 unspecified atom stereocenters. The molecule has 106 valence electrons. The predicted molar refractivity (Wildman–Crippen MR) is 85.9 cm³/mol. The summed E-state index contributed by atoms with van der Waals surface area (Å²) in [5.41, 5.74) is 0.674. The highest BCUT2D eigenvalue weighted by Gasteiger charge is 2.13. The molecule has 0 N–H and O–H groups in total. The van der Waals surface area contributed by atoms with E-state index in [0.29, 0.717) is 12.1 Å². The maximum absolute atomic E-state index is 13.3. The van der Waals surface area contributed by atoms with Crippen molar-refractivity contribution in [1.29, 1.82) is 0 Å². The summed E-state index contributed by atoms with van der Waals surface area (Å²) in [7, 11) is 1.71. The Morgan fingerprint density at radius 1 is 1.45 bits per heavy atom. The van der Waals surface area contributed by atoms with Gasteiger partial charge in [0.1, 0.15) is 6.61 Å². The summed E-state index contributed by atoms with van der Waals surface area (Å²) in [6.45, 7) is 0.657. The second kappa shape index (κ2) is 7.03. The van der Waals surface area contributed by atoms with Gasteiger partial charge in [-0.2, -0.15) is 0 Å². The highest BCUT2D eigenvalue weighted by Crippen LogP contribution is 2.18. The average Bonchev–Trinajstić information content (AvgIpc) is 2.86. The molecule has 1 aromatic heterocycles. The second-order valence-corrected chi connectivity index (χ2v) is 6.95. The van der Waals surface area contributed by atoms with Crippen LogP contribution in [0, 0.1) is 8.70 Å². The Bertz CT molecular complexity index is 602. The zero-order valence-corrected chi connectivity index (χ0v) is 13.8. The average molecular weight is 405 g/mol. The van der Waals surface area contributed by atoms with E-state index in [1.54, 1.807) is 30.1 Å². The van der Waals surface area contributed by atoms with E-state index < -0.39 is 5.82 Å². The maximum atomic E-state index is 13.3. The summed E-state index contributed by atoms with van der Waals surface area (Å²) in [5.74, 6) is -0.242. The third kappa shape index (κ3) is 3.92. The fourth-order valence-corrected chi connectivity index (χ4v) is 2.92. The van der Waals surface area contributed by atoms with Crippen LogP contribution >= 0.6 is 33.9 Å². The van der Waals surface area contributed by atoms with Crippen molar-refractivity contribution in [3.63, 3.8) is 0 Å². The summed E-state index contributed by atoms with van der Waals surface area (Å²) in [6, 6.07) is 8.08. The summed E-state index contributed by atoms with van der Waals surface area (Å²) in [5, 5.41) is 1.83. The predicted octanol–water partition coefficient (Wildman–Crippen LogP) is 3.64. The number of carbonyl (C=O) groups excluding carboxylic acids is 1. The molecule has 6 heteroatoms. The first kappa shape index (κ1) is 15.2. The van der Waals surface area contributed by atoms with Crippen molar-refractivity contribution >= 4 is 39.8 Å². The van der Waals surface area contributed by atoms with Gasteiger partial charge in [0.25, 0.3) is 5.91 Å². The Hall–Kier alpha value is -1.15. The topological polar surface area (TPSA) is 29.5 Å². The molecule has 0 radical (unpaired) electrons. The van der Waals surface area contributed by atoms with Crippen molar-refractivity contribution in [3.8, 4) is 5.75 Å². The normalized spacial score (nSPS) is 10.3. The van der Waals surface area contributed by atoms with Gasteiger partial charge in [-0.15, -0.1) is 11.3 Å². The third-order valence-electron chi connectivity index (χ3n) is 2.68. The first-order valence-electron chi connectivity index (χ1n) is 5.95. The molecule has 0 saturated heterocycles. The van der Waals surface area contributed by atoms with Crippen LogP contribution in [0.2, 0.25) is 0 Å². The summed E-state index contributed by atoms with van der Waals surface area (Å²) in [4.78, 5) is 13.6. The first-order valence-corrected chi connectivity index (χ1v) is 7.90. The van der Waals surface area contributed by atoms with Crippen LogP contribution in [0.1, 0.15) is 10.4 Å². The number of hydrogen-bond donors (Lipinski definition) is 0. The number of carbonyl (C=O) groups is 1. The molecule has 2 aromatic rings. The molecule has 0 saturated carbocycles. The van der Waals surface area contributed by atoms with Crippen LogP contribution in [0.3, 0.4) is 0 Å². The number of ether oxygens (including phenoxy) is 1. The van der Waals surface area contributed by atoms with Gasteiger partial charge in [0, 0.05) is 12.4 Å². The van der Waals surface area contributed by atoms with Gasteiger partial charge in [0.15, 0.2) is 11.6 Å². The van der Waals surface area contributed by atoms with E-state index in [2.05, 4.69) is 22.6 Å². The van der Waals surface area contributed by atoms with Crippen molar-refractivity contribution in [2.45, 2.75) is 0 Å². The van der Waals surface area contributed by atoms with Crippen molar-refractivity contribution in [2.75, 3.05) is 20.2 Å². The second-order valence-electron chi connectivity index (χ2n) is 4.15. The molecule has 0 aliphatic rings. The van der Waals surface area contributed by atoms with Gasteiger partial charge >= 0.3 is 0 Å². The van der Waals surface area contributed by atoms with Crippen LogP contribution in [0.4, 0.5) is 4.39 Å². The molecule has 2 rings (SSSR count).